The van der Waals surface area contributed by atoms with Crippen LogP contribution in [0.2, 0.25) is 0 Å². The molecule has 0 aliphatic carbocycles. The van der Waals surface area contributed by atoms with E-state index in [0.717, 1.165) is 12.8 Å². The minimum Gasteiger partial charge on any atom is -0.299 e. The summed E-state index contributed by atoms with van der Waals surface area (Å²) < 4.78 is 0. The zero-order valence-electron chi connectivity index (χ0n) is 11.8. The van der Waals surface area contributed by atoms with Gasteiger partial charge in [0.15, 0.2) is 0 Å². The molecule has 0 radical (unpaired) electrons. The van der Waals surface area contributed by atoms with E-state index in [1.54, 1.807) is 11.8 Å². The summed E-state index contributed by atoms with van der Waals surface area (Å²) in [6, 6.07) is 0. The monoisotopic (exact) mass is 258 g/mol. The van der Waals surface area contributed by atoms with Gasteiger partial charge in [-0.25, -0.2) is 0 Å². The Hall–Kier alpha value is 0.0200. The van der Waals surface area contributed by atoms with E-state index in [9.17, 15) is 4.79 Å². The van der Waals surface area contributed by atoms with Crippen molar-refractivity contribution in [2.24, 2.45) is 0 Å². The fraction of sp³-hybridized carbons (Fsp3) is 0.933. The van der Waals surface area contributed by atoms with Crippen molar-refractivity contribution < 1.29 is 4.79 Å². The summed E-state index contributed by atoms with van der Waals surface area (Å²) in [7, 11) is 0. The zero-order chi connectivity index (χ0) is 12.8. The molecule has 0 N–H and O–H groups in total. The van der Waals surface area contributed by atoms with E-state index in [-0.39, 0.29) is 0 Å². The molecule has 0 saturated heterocycles. The quantitative estimate of drug-likeness (QED) is 0.421. The van der Waals surface area contributed by atoms with Crippen molar-refractivity contribution in [3.63, 3.8) is 0 Å². The molecular formula is C15H30OS. The van der Waals surface area contributed by atoms with E-state index < -0.39 is 0 Å². The highest BCUT2D eigenvalue weighted by Crippen LogP contribution is 2.11. The second kappa shape index (κ2) is 14.1. The van der Waals surface area contributed by atoms with Crippen LogP contribution < -0.4 is 0 Å². The van der Waals surface area contributed by atoms with Crippen molar-refractivity contribution in [3.8, 4) is 0 Å². The Bertz CT molecular complexity index is 168. The van der Waals surface area contributed by atoms with Gasteiger partial charge >= 0.3 is 0 Å². The van der Waals surface area contributed by atoms with E-state index in [4.69, 9.17) is 0 Å². The number of carbonyl (C=O) groups is 1. The van der Waals surface area contributed by atoms with Gasteiger partial charge in [-0.2, -0.15) is 11.8 Å². The molecule has 0 fully saturated rings. The van der Waals surface area contributed by atoms with Gasteiger partial charge in [0.2, 0.25) is 0 Å². The first-order chi connectivity index (χ1) is 8.31. The maximum Gasteiger partial charge on any atom is 0.142 e. The molecule has 0 rings (SSSR count). The fourth-order valence-electron chi connectivity index (χ4n) is 2.04. The van der Waals surface area contributed by atoms with Gasteiger partial charge in [0.25, 0.3) is 0 Å². The van der Waals surface area contributed by atoms with Crippen LogP contribution in [0.15, 0.2) is 0 Å². The van der Waals surface area contributed by atoms with Crippen LogP contribution in [0.5, 0.6) is 0 Å². The maximum absolute atomic E-state index is 11.3. The highest BCUT2D eigenvalue weighted by molar-refractivity contribution is 7.99. The zero-order valence-corrected chi connectivity index (χ0v) is 12.6. The molecular weight excluding hydrogens is 228 g/mol. The lowest BCUT2D eigenvalue weighted by Gasteiger charge is -2.02. The van der Waals surface area contributed by atoms with Gasteiger partial charge in [-0.3, -0.25) is 4.79 Å². The van der Waals surface area contributed by atoms with Crippen molar-refractivity contribution >= 4 is 17.5 Å². The third kappa shape index (κ3) is 14.0. The third-order valence-electron chi connectivity index (χ3n) is 3.11. The number of ketones is 1. The Balaban J connectivity index is 3.01. The first-order valence-electron chi connectivity index (χ1n) is 7.32. The van der Waals surface area contributed by atoms with Crippen molar-refractivity contribution in [1.29, 1.82) is 0 Å². The van der Waals surface area contributed by atoms with Gasteiger partial charge in [0, 0.05) is 6.42 Å². The number of thioether (sulfide) groups is 1. The first kappa shape index (κ1) is 17.0. The molecule has 0 unspecified atom stereocenters. The third-order valence-corrected chi connectivity index (χ3v) is 3.73. The summed E-state index contributed by atoms with van der Waals surface area (Å²) in [4.78, 5) is 11.3. The van der Waals surface area contributed by atoms with Crippen LogP contribution in [0.3, 0.4) is 0 Å². The van der Waals surface area contributed by atoms with Crippen LogP contribution in [0.4, 0.5) is 0 Å². The molecule has 17 heavy (non-hydrogen) atoms. The van der Waals surface area contributed by atoms with Crippen LogP contribution >= 0.6 is 11.8 Å². The van der Waals surface area contributed by atoms with E-state index in [0.29, 0.717) is 11.5 Å². The smallest absolute Gasteiger partial charge is 0.142 e. The number of hydrogen-bond acceptors (Lipinski definition) is 2. The Kier molecular flexibility index (Phi) is 14.1. The van der Waals surface area contributed by atoms with E-state index in [1.165, 1.54) is 57.8 Å². The van der Waals surface area contributed by atoms with Gasteiger partial charge in [-0.05, 0) is 12.7 Å². The minimum atomic E-state index is 0.428. The minimum absolute atomic E-state index is 0.428. The molecule has 0 aromatic rings. The van der Waals surface area contributed by atoms with Gasteiger partial charge in [0.1, 0.15) is 5.78 Å². The van der Waals surface area contributed by atoms with Gasteiger partial charge in [-0.1, -0.05) is 64.7 Å². The van der Waals surface area contributed by atoms with E-state index >= 15 is 0 Å². The molecule has 2 heteroatoms. The molecule has 102 valence electrons. The van der Waals surface area contributed by atoms with Gasteiger partial charge in [0.05, 0.1) is 5.75 Å². The number of rotatable bonds is 13. The van der Waals surface area contributed by atoms with Crippen molar-refractivity contribution in [2.45, 2.75) is 77.6 Å². The lowest BCUT2D eigenvalue weighted by Crippen LogP contribution is -2.00. The summed E-state index contributed by atoms with van der Waals surface area (Å²) in [5.74, 6) is 1.13. The fourth-order valence-corrected chi connectivity index (χ4v) is 2.51. The SMILES string of the molecule is CCCCCCCCCCCCC(=O)CSC. The second-order valence-corrected chi connectivity index (χ2v) is 5.77. The predicted octanol–water partition coefficient (Wildman–Crippen LogP) is 5.23. The molecule has 0 saturated carbocycles. The summed E-state index contributed by atoms with van der Waals surface area (Å²) in [6.07, 6.45) is 16.2. The molecule has 0 atom stereocenters. The standard InChI is InChI=1S/C15H30OS/c1-3-4-5-6-7-8-9-10-11-12-13-15(16)14-17-2/h3-14H2,1-2H3. The molecule has 0 aliphatic heterocycles. The number of carbonyl (C=O) groups excluding carboxylic acids is 1. The molecule has 0 spiro atoms. The van der Waals surface area contributed by atoms with Crippen LogP contribution in [0, 0.1) is 0 Å². The van der Waals surface area contributed by atoms with Crippen LogP contribution in [0.1, 0.15) is 77.6 Å². The van der Waals surface area contributed by atoms with Gasteiger partial charge in [-0.15, -0.1) is 0 Å². The lowest BCUT2D eigenvalue weighted by atomic mass is 10.1. The summed E-state index contributed by atoms with van der Waals surface area (Å²) in [6.45, 7) is 2.26. The number of unbranched alkanes of at least 4 members (excludes halogenated alkanes) is 9. The largest absolute Gasteiger partial charge is 0.299 e. The van der Waals surface area contributed by atoms with Crippen LogP contribution in [-0.4, -0.2) is 17.8 Å². The first-order valence-corrected chi connectivity index (χ1v) is 8.71. The van der Waals surface area contributed by atoms with E-state index in [2.05, 4.69) is 6.92 Å². The van der Waals surface area contributed by atoms with E-state index in [1.807, 2.05) is 6.26 Å². The molecule has 0 heterocycles. The van der Waals surface area contributed by atoms with Gasteiger partial charge < -0.3 is 0 Å². The Labute approximate surface area is 112 Å². The summed E-state index contributed by atoms with van der Waals surface area (Å²) in [5.41, 5.74) is 0. The highest BCUT2D eigenvalue weighted by Gasteiger charge is 1.99. The summed E-state index contributed by atoms with van der Waals surface area (Å²) >= 11 is 1.64. The topological polar surface area (TPSA) is 17.1 Å². The molecule has 0 amide bonds. The predicted molar refractivity (Wildman–Crippen MR) is 79.9 cm³/mol. The van der Waals surface area contributed by atoms with Crippen molar-refractivity contribution in [3.05, 3.63) is 0 Å². The Morgan fingerprint density at radius 2 is 1.29 bits per heavy atom. The second-order valence-electron chi connectivity index (χ2n) is 4.90. The molecule has 0 aromatic heterocycles. The average molecular weight is 258 g/mol. The average Bonchev–Trinajstić information content (AvgIpc) is 2.32. The van der Waals surface area contributed by atoms with Crippen molar-refractivity contribution in [1.82, 2.24) is 0 Å². The number of Topliss-reactive ketones (excluding diaryl/α,β-unsaturated/α-hetero) is 1. The van der Waals surface area contributed by atoms with Crippen LogP contribution in [-0.2, 0) is 4.79 Å². The molecule has 0 aliphatic rings. The Morgan fingerprint density at radius 3 is 1.76 bits per heavy atom. The summed E-state index contributed by atoms with van der Waals surface area (Å²) in [5, 5.41) is 0. The number of hydrogen-bond donors (Lipinski definition) is 0. The maximum atomic E-state index is 11.3. The highest BCUT2D eigenvalue weighted by atomic mass is 32.2. The normalized spacial score (nSPS) is 10.7. The van der Waals surface area contributed by atoms with Crippen LogP contribution in [0.25, 0.3) is 0 Å². The molecule has 0 bridgehead atoms. The lowest BCUT2D eigenvalue weighted by molar-refractivity contribution is -0.116. The van der Waals surface area contributed by atoms with Crippen molar-refractivity contribution in [2.75, 3.05) is 12.0 Å². The molecule has 1 nitrogen and oxygen atoms in total. The molecule has 0 aromatic carbocycles. The Morgan fingerprint density at radius 1 is 0.824 bits per heavy atom.